The van der Waals surface area contributed by atoms with Crippen LogP contribution in [0.5, 0.6) is 0 Å². The van der Waals surface area contributed by atoms with Gasteiger partial charge in [-0.25, -0.2) is 0 Å². The molecule has 0 bridgehead atoms. The molecule has 0 spiro atoms. The van der Waals surface area contributed by atoms with Gasteiger partial charge in [0.15, 0.2) is 0 Å². The molecule has 1 aliphatic rings. The molecule has 1 saturated heterocycles. The van der Waals surface area contributed by atoms with Crippen LogP contribution < -0.4 is 10.6 Å². The number of fused-ring (bicyclic) bond motifs is 1. The summed E-state index contributed by atoms with van der Waals surface area (Å²) in [7, 11) is 0. The summed E-state index contributed by atoms with van der Waals surface area (Å²) >= 11 is 0. The number of hydrogen-bond acceptors (Lipinski definition) is 4. The maximum atomic E-state index is 5.68. The van der Waals surface area contributed by atoms with Crippen molar-refractivity contribution in [3.63, 3.8) is 0 Å². The molecule has 4 rings (SSSR count). The summed E-state index contributed by atoms with van der Waals surface area (Å²) in [5.74, 6) is 0. The zero-order valence-electron chi connectivity index (χ0n) is 16.7. The van der Waals surface area contributed by atoms with E-state index >= 15 is 0 Å². The fraction of sp³-hybridized carbons (Fsp3) is 0.375. The molecule has 1 atom stereocenters. The lowest BCUT2D eigenvalue weighted by Gasteiger charge is -2.41. The zero-order chi connectivity index (χ0) is 19.4. The van der Waals surface area contributed by atoms with Crippen molar-refractivity contribution in [1.82, 2.24) is 10.3 Å². The van der Waals surface area contributed by atoms with Crippen LogP contribution in [0.2, 0.25) is 0 Å². The average Bonchev–Trinajstić information content (AvgIpc) is 2.73. The molecular weight excluding hydrogens is 346 g/mol. The van der Waals surface area contributed by atoms with Crippen LogP contribution in [0.1, 0.15) is 37.1 Å². The number of ether oxygens (including phenoxy) is 1. The first kappa shape index (κ1) is 18.9. The molecule has 0 radical (unpaired) electrons. The molecule has 0 saturated carbocycles. The number of rotatable bonds is 6. The van der Waals surface area contributed by atoms with Crippen LogP contribution in [-0.4, -0.2) is 30.3 Å². The number of hydrogen-bond donors (Lipinski definition) is 2. The number of anilines is 1. The fourth-order valence-corrected chi connectivity index (χ4v) is 4.14. The van der Waals surface area contributed by atoms with Gasteiger partial charge in [0.2, 0.25) is 0 Å². The highest BCUT2D eigenvalue weighted by Gasteiger charge is 2.34. The number of nitrogens with one attached hydrogen (secondary N) is 2. The molecule has 4 heteroatoms. The van der Waals surface area contributed by atoms with E-state index in [1.807, 2.05) is 6.07 Å². The molecule has 1 aliphatic heterocycles. The predicted octanol–water partition coefficient (Wildman–Crippen LogP) is 4.86. The minimum absolute atomic E-state index is 0.00574. The van der Waals surface area contributed by atoms with Crippen molar-refractivity contribution in [3.05, 3.63) is 71.9 Å². The first-order chi connectivity index (χ1) is 13.7. The van der Waals surface area contributed by atoms with E-state index in [0.717, 1.165) is 49.5 Å². The van der Waals surface area contributed by atoms with Gasteiger partial charge in [0.1, 0.15) is 0 Å². The number of pyridine rings is 1. The summed E-state index contributed by atoms with van der Waals surface area (Å²) in [5.41, 5.74) is 4.55. The minimum Gasteiger partial charge on any atom is -0.383 e. The Labute approximate surface area is 167 Å². The Morgan fingerprint density at radius 1 is 1.04 bits per heavy atom. The normalized spacial score (nSPS) is 17.4. The summed E-state index contributed by atoms with van der Waals surface area (Å²) in [6.07, 6.45) is 2.00. The van der Waals surface area contributed by atoms with Gasteiger partial charge in [-0.1, -0.05) is 48.5 Å². The third-order valence-corrected chi connectivity index (χ3v) is 5.73. The highest BCUT2D eigenvalue weighted by molar-refractivity contribution is 5.91. The summed E-state index contributed by atoms with van der Waals surface area (Å²) in [6.45, 7) is 6.76. The third-order valence-electron chi connectivity index (χ3n) is 5.73. The molecule has 146 valence electrons. The van der Waals surface area contributed by atoms with Crippen LogP contribution in [0.3, 0.4) is 0 Å². The Bertz CT molecular complexity index is 920. The van der Waals surface area contributed by atoms with Crippen molar-refractivity contribution < 1.29 is 4.74 Å². The summed E-state index contributed by atoms with van der Waals surface area (Å²) in [5, 5.41) is 8.83. The van der Waals surface area contributed by atoms with Gasteiger partial charge in [0.25, 0.3) is 0 Å². The molecule has 2 N–H and O–H groups in total. The van der Waals surface area contributed by atoms with Gasteiger partial charge in [0.05, 0.1) is 5.52 Å². The zero-order valence-corrected chi connectivity index (χ0v) is 16.7. The quantitative estimate of drug-likeness (QED) is 0.646. The first-order valence-electron chi connectivity index (χ1n) is 10.2. The fourth-order valence-electron chi connectivity index (χ4n) is 4.14. The highest BCUT2D eigenvalue weighted by atomic mass is 16.5. The monoisotopic (exact) mass is 375 g/mol. The Morgan fingerprint density at radius 3 is 2.54 bits per heavy atom. The van der Waals surface area contributed by atoms with Gasteiger partial charge in [-0.05, 0) is 44.4 Å². The van der Waals surface area contributed by atoms with E-state index in [1.54, 1.807) is 0 Å². The van der Waals surface area contributed by atoms with Gasteiger partial charge in [-0.3, -0.25) is 4.98 Å². The molecule has 4 nitrogen and oxygen atoms in total. The molecule has 1 unspecified atom stereocenters. The topological polar surface area (TPSA) is 46.2 Å². The molecule has 2 heterocycles. The second kappa shape index (κ2) is 8.29. The molecule has 0 amide bonds. The highest BCUT2D eigenvalue weighted by Crippen LogP contribution is 2.28. The van der Waals surface area contributed by atoms with Gasteiger partial charge in [0, 0.05) is 48.1 Å². The Morgan fingerprint density at radius 2 is 1.75 bits per heavy atom. The average molecular weight is 376 g/mol. The van der Waals surface area contributed by atoms with Crippen molar-refractivity contribution in [2.75, 3.05) is 25.1 Å². The number of nitrogens with zero attached hydrogens (tertiary/aromatic N) is 1. The molecular formula is C24H29N3O. The second-order valence-corrected chi connectivity index (χ2v) is 7.85. The lowest BCUT2D eigenvalue weighted by atomic mass is 9.88. The minimum atomic E-state index is 0.00574. The maximum Gasteiger partial charge on any atom is 0.0725 e. The summed E-state index contributed by atoms with van der Waals surface area (Å²) in [4.78, 5) is 4.66. The van der Waals surface area contributed by atoms with Crippen LogP contribution in [0.15, 0.2) is 60.7 Å². The summed E-state index contributed by atoms with van der Waals surface area (Å²) < 4.78 is 5.68. The van der Waals surface area contributed by atoms with Crippen molar-refractivity contribution >= 4 is 16.6 Å². The van der Waals surface area contributed by atoms with E-state index in [9.17, 15) is 0 Å². The second-order valence-electron chi connectivity index (χ2n) is 7.85. The number of aromatic nitrogens is 1. The van der Waals surface area contributed by atoms with Crippen LogP contribution in [0.25, 0.3) is 10.9 Å². The van der Waals surface area contributed by atoms with Crippen LogP contribution in [0.4, 0.5) is 5.69 Å². The Hall–Kier alpha value is -2.43. The molecule has 2 aromatic carbocycles. The third kappa shape index (κ3) is 4.18. The largest absolute Gasteiger partial charge is 0.383 e. The summed E-state index contributed by atoms with van der Waals surface area (Å²) in [6, 6.07) is 21.4. The van der Waals surface area contributed by atoms with Crippen LogP contribution in [0, 0.1) is 6.92 Å². The van der Waals surface area contributed by atoms with Crippen LogP contribution >= 0.6 is 0 Å². The van der Waals surface area contributed by atoms with E-state index in [1.165, 1.54) is 10.9 Å². The first-order valence-corrected chi connectivity index (χ1v) is 10.2. The van der Waals surface area contributed by atoms with Crippen molar-refractivity contribution in [3.8, 4) is 0 Å². The molecule has 1 fully saturated rings. The van der Waals surface area contributed by atoms with Crippen molar-refractivity contribution in [2.45, 2.75) is 38.3 Å². The Balaban J connectivity index is 1.56. The van der Waals surface area contributed by atoms with E-state index < -0.39 is 0 Å². The smallest absolute Gasteiger partial charge is 0.0725 e. The van der Waals surface area contributed by atoms with Gasteiger partial charge in [-0.15, -0.1) is 0 Å². The van der Waals surface area contributed by atoms with Gasteiger partial charge >= 0.3 is 0 Å². The van der Waals surface area contributed by atoms with Crippen molar-refractivity contribution in [2.24, 2.45) is 0 Å². The Kier molecular flexibility index (Phi) is 5.60. The van der Waals surface area contributed by atoms with Gasteiger partial charge in [-0.2, -0.15) is 0 Å². The molecule has 1 aromatic heterocycles. The standard InChI is InChI=1S/C24H29N3O/c1-18-16-23(21-10-6-7-11-22(21)26-18)25-17-24(12-14-28-15-13-24)27-19(2)20-8-4-3-5-9-20/h3-11,16,19,27H,12-15,17H2,1-2H3,(H,25,26). The molecule has 0 aliphatic carbocycles. The van der Waals surface area contributed by atoms with Gasteiger partial charge < -0.3 is 15.4 Å². The molecule has 28 heavy (non-hydrogen) atoms. The van der Waals surface area contributed by atoms with E-state index in [-0.39, 0.29) is 11.6 Å². The van der Waals surface area contributed by atoms with E-state index in [4.69, 9.17) is 4.74 Å². The molecule has 3 aromatic rings. The lowest BCUT2D eigenvalue weighted by molar-refractivity contribution is 0.0389. The number of aryl methyl sites for hydroxylation is 1. The SMILES string of the molecule is Cc1cc(NCC2(NC(C)c3ccccc3)CCOCC2)c2ccccc2n1. The van der Waals surface area contributed by atoms with Crippen molar-refractivity contribution in [1.29, 1.82) is 0 Å². The van der Waals surface area contributed by atoms with E-state index in [2.05, 4.69) is 84.1 Å². The maximum absolute atomic E-state index is 5.68. The van der Waals surface area contributed by atoms with E-state index in [0.29, 0.717) is 0 Å². The lowest BCUT2D eigenvalue weighted by Crippen LogP contribution is -2.54. The number of benzene rings is 2. The predicted molar refractivity (Wildman–Crippen MR) is 116 cm³/mol. The van der Waals surface area contributed by atoms with Crippen LogP contribution in [-0.2, 0) is 4.74 Å². The number of para-hydroxylation sites is 1.